The van der Waals surface area contributed by atoms with Crippen molar-refractivity contribution in [3.05, 3.63) is 114 Å². The molecule has 2 aromatic heterocycles. The van der Waals surface area contributed by atoms with Crippen molar-refractivity contribution in [1.29, 1.82) is 0 Å². The topological polar surface area (TPSA) is 57.7 Å². The molecule has 1 aliphatic heterocycles. The van der Waals surface area contributed by atoms with Crippen molar-refractivity contribution < 1.29 is 0 Å². The number of piperidine rings is 1. The highest BCUT2D eigenvalue weighted by molar-refractivity contribution is 5.87. The van der Waals surface area contributed by atoms with Crippen LogP contribution in [0.1, 0.15) is 41.3 Å². The summed E-state index contributed by atoms with van der Waals surface area (Å²) in [6.07, 6.45) is 2.26. The molecular weight excluding hydrogens is 490 g/mol. The lowest BCUT2D eigenvalue weighted by Crippen LogP contribution is -2.32. The number of hydrogen-bond acceptors (Lipinski definition) is 4. The summed E-state index contributed by atoms with van der Waals surface area (Å²) >= 11 is 0. The molecule has 0 saturated carbocycles. The molecule has 0 radical (unpaired) electrons. The van der Waals surface area contributed by atoms with Gasteiger partial charge in [-0.3, -0.25) is 4.90 Å². The minimum absolute atomic E-state index is 0.501. The smallest absolute Gasteiger partial charge is 0.110 e. The Balaban J connectivity index is 1.10. The van der Waals surface area contributed by atoms with E-state index in [9.17, 15) is 0 Å². The van der Waals surface area contributed by atoms with Crippen molar-refractivity contribution in [2.24, 2.45) is 0 Å². The van der Waals surface area contributed by atoms with Crippen LogP contribution in [0.25, 0.3) is 44.6 Å². The molecule has 1 aliphatic rings. The van der Waals surface area contributed by atoms with Crippen molar-refractivity contribution in [3.63, 3.8) is 0 Å². The number of benzene rings is 4. The molecule has 5 nitrogen and oxygen atoms in total. The lowest BCUT2D eigenvalue weighted by Gasteiger charge is -2.31. The van der Waals surface area contributed by atoms with Gasteiger partial charge < -0.3 is 4.98 Å². The third-order valence-corrected chi connectivity index (χ3v) is 8.34. The Morgan fingerprint density at radius 1 is 0.675 bits per heavy atom. The van der Waals surface area contributed by atoms with E-state index in [1.165, 1.54) is 16.7 Å². The third kappa shape index (κ3) is 4.78. The molecule has 0 spiro atoms. The van der Waals surface area contributed by atoms with Crippen LogP contribution in [0.5, 0.6) is 0 Å². The first kappa shape index (κ1) is 24.7. The third-order valence-electron chi connectivity index (χ3n) is 8.34. The highest BCUT2D eigenvalue weighted by Crippen LogP contribution is 2.33. The van der Waals surface area contributed by atoms with Gasteiger partial charge in [0.2, 0.25) is 0 Å². The zero-order chi connectivity index (χ0) is 27.1. The second-order valence-corrected chi connectivity index (χ2v) is 11.1. The maximum atomic E-state index is 5.14. The second kappa shape index (κ2) is 10.3. The number of nitrogens with zero attached hydrogens (tertiary/aromatic N) is 4. The molecule has 6 aromatic rings. The predicted octanol–water partition coefficient (Wildman–Crippen LogP) is 7.84. The fraction of sp³-hybridized carbons (Fsp3) is 0.229. The van der Waals surface area contributed by atoms with Crippen LogP contribution in [-0.4, -0.2) is 37.9 Å². The van der Waals surface area contributed by atoms with Gasteiger partial charge in [-0.2, -0.15) is 0 Å². The lowest BCUT2D eigenvalue weighted by atomic mass is 9.95. The number of imidazole rings is 1. The maximum absolute atomic E-state index is 5.14. The molecule has 5 heteroatoms. The average Bonchev–Trinajstić information content (AvgIpc) is 3.43. The van der Waals surface area contributed by atoms with Crippen LogP contribution in [0.4, 0.5) is 0 Å². The molecule has 3 heterocycles. The molecule has 7 rings (SSSR count). The number of aryl methyl sites for hydroxylation is 2. The summed E-state index contributed by atoms with van der Waals surface area (Å²) < 4.78 is 0. The average molecular weight is 524 g/mol. The molecule has 198 valence electrons. The van der Waals surface area contributed by atoms with Crippen LogP contribution in [0.15, 0.2) is 91.0 Å². The highest BCUT2D eigenvalue weighted by atomic mass is 15.1. The summed E-state index contributed by atoms with van der Waals surface area (Å²) in [5.41, 5.74) is 11.9. The van der Waals surface area contributed by atoms with Gasteiger partial charge in [0.05, 0.1) is 33.5 Å². The van der Waals surface area contributed by atoms with Gasteiger partial charge in [-0.05, 0) is 80.7 Å². The zero-order valence-electron chi connectivity index (χ0n) is 23.1. The molecule has 4 aromatic carbocycles. The first-order valence-corrected chi connectivity index (χ1v) is 14.2. The van der Waals surface area contributed by atoms with E-state index in [1.54, 1.807) is 0 Å². The van der Waals surface area contributed by atoms with Crippen LogP contribution < -0.4 is 0 Å². The number of rotatable bonds is 5. The van der Waals surface area contributed by atoms with E-state index in [4.69, 9.17) is 15.0 Å². The normalized spacial score (nSPS) is 14.8. The SMILES string of the molecule is Cc1cc2nc(-c3ccccc3)c(-c3ccc(CN4CCC(c5nc6ccccc6[nH]5)CC4)cc3)nc2cc1C. The van der Waals surface area contributed by atoms with Gasteiger partial charge >= 0.3 is 0 Å². The molecule has 1 fully saturated rings. The van der Waals surface area contributed by atoms with Crippen molar-refractivity contribution >= 4 is 22.1 Å². The minimum Gasteiger partial charge on any atom is -0.342 e. The van der Waals surface area contributed by atoms with E-state index in [2.05, 4.69) is 109 Å². The fourth-order valence-corrected chi connectivity index (χ4v) is 5.87. The molecule has 0 unspecified atom stereocenters. The Kier molecular flexibility index (Phi) is 6.37. The summed E-state index contributed by atoms with van der Waals surface area (Å²) in [5, 5.41) is 0. The minimum atomic E-state index is 0.501. The summed E-state index contributed by atoms with van der Waals surface area (Å²) in [7, 11) is 0. The number of nitrogens with one attached hydrogen (secondary N) is 1. The molecular formula is C35H33N5. The quantitative estimate of drug-likeness (QED) is 0.250. The Morgan fingerprint density at radius 2 is 1.27 bits per heavy atom. The number of fused-ring (bicyclic) bond motifs is 2. The number of likely N-dealkylation sites (tertiary alicyclic amines) is 1. The zero-order valence-corrected chi connectivity index (χ0v) is 23.1. The summed E-state index contributed by atoms with van der Waals surface area (Å²) in [4.78, 5) is 21.2. The summed E-state index contributed by atoms with van der Waals surface area (Å²) in [6, 6.07) is 31.9. The van der Waals surface area contributed by atoms with Gasteiger partial charge in [-0.1, -0.05) is 66.7 Å². The molecule has 0 atom stereocenters. The lowest BCUT2D eigenvalue weighted by molar-refractivity contribution is 0.202. The van der Waals surface area contributed by atoms with Crippen LogP contribution in [0.3, 0.4) is 0 Å². The van der Waals surface area contributed by atoms with Crippen LogP contribution >= 0.6 is 0 Å². The maximum Gasteiger partial charge on any atom is 0.110 e. The first-order valence-electron chi connectivity index (χ1n) is 14.2. The van der Waals surface area contributed by atoms with E-state index in [1.807, 2.05) is 6.07 Å². The second-order valence-electron chi connectivity index (χ2n) is 11.1. The van der Waals surface area contributed by atoms with E-state index < -0.39 is 0 Å². The summed E-state index contributed by atoms with van der Waals surface area (Å²) in [5.74, 6) is 1.64. The van der Waals surface area contributed by atoms with Gasteiger partial charge in [0.25, 0.3) is 0 Å². The first-order chi connectivity index (χ1) is 19.6. The van der Waals surface area contributed by atoms with Crippen LogP contribution in [0.2, 0.25) is 0 Å². The van der Waals surface area contributed by atoms with Crippen molar-refractivity contribution in [1.82, 2.24) is 24.8 Å². The van der Waals surface area contributed by atoms with Crippen molar-refractivity contribution in [3.8, 4) is 22.5 Å². The van der Waals surface area contributed by atoms with E-state index in [0.717, 1.165) is 82.9 Å². The van der Waals surface area contributed by atoms with Crippen LogP contribution in [0, 0.1) is 13.8 Å². The predicted molar refractivity (Wildman–Crippen MR) is 163 cm³/mol. The molecule has 0 bridgehead atoms. The van der Waals surface area contributed by atoms with E-state index in [-0.39, 0.29) is 0 Å². The van der Waals surface area contributed by atoms with Crippen molar-refractivity contribution in [2.45, 2.75) is 39.2 Å². The van der Waals surface area contributed by atoms with Gasteiger partial charge in [-0.25, -0.2) is 15.0 Å². The standard InChI is InChI=1S/C35H33N5/c1-23-20-31-32(21-24(23)2)37-34(33(36-31)26-8-4-3-5-9-26)27-14-12-25(13-15-27)22-40-18-16-28(17-19-40)35-38-29-10-6-7-11-30(29)39-35/h3-15,20-21,28H,16-19,22H2,1-2H3,(H,38,39). The largest absolute Gasteiger partial charge is 0.342 e. The molecule has 1 saturated heterocycles. The number of H-pyrrole nitrogens is 1. The van der Waals surface area contributed by atoms with Crippen LogP contribution in [-0.2, 0) is 6.54 Å². The number of aromatic nitrogens is 4. The van der Waals surface area contributed by atoms with Gasteiger partial charge in [0, 0.05) is 23.6 Å². The van der Waals surface area contributed by atoms with E-state index in [0.29, 0.717) is 5.92 Å². The monoisotopic (exact) mass is 523 g/mol. The molecule has 0 aliphatic carbocycles. The van der Waals surface area contributed by atoms with Gasteiger partial charge in [0.1, 0.15) is 5.82 Å². The Bertz CT molecular complexity index is 1760. The number of hydrogen-bond donors (Lipinski definition) is 1. The molecule has 0 amide bonds. The Morgan fingerprint density at radius 3 is 1.93 bits per heavy atom. The van der Waals surface area contributed by atoms with Crippen molar-refractivity contribution in [2.75, 3.05) is 13.1 Å². The molecule has 40 heavy (non-hydrogen) atoms. The fourth-order valence-electron chi connectivity index (χ4n) is 5.87. The Labute approximate surface area is 235 Å². The molecule has 1 N–H and O–H groups in total. The number of aromatic amines is 1. The number of para-hydroxylation sites is 2. The van der Waals surface area contributed by atoms with E-state index >= 15 is 0 Å². The Hall–Kier alpha value is -4.35. The van der Waals surface area contributed by atoms with Gasteiger partial charge in [0.15, 0.2) is 0 Å². The summed E-state index contributed by atoms with van der Waals surface area (Å²) in [6.45, 7) is 7.38. The van der Waals surface area contributed by atoms with Gasteiger partial charge in [-0.15, -0.1) is 0 Å². The highest BCUT2D eigenvalue weighted by Gasteiger charge is 2.23.